The van der Waals surface area contributed by atoms with Gasteiger partial charge in [-0.15, -0.1) is 0 Å². The zero-order valence-electron chi connectivity index (χ0n) is 21.6. The number of carbonyl (C=O) groups excluding carboxylic acids is 3. The lowest BCUT2D eigenvalue weighted by molar-refractivity contribution is -0.137. The van der Waals surface area contributed by atoms with Gasteiger partial charge >= 0.3 is 0 Å². The van der Waals surface area contributed by atoms with E-state index in [9.17, 15) is 14.4 Å². The molecule has 4 rings (SSSR count). The number of aldehydes is 1. The van der Waals surface area contributed by atoms with Crippen molar-refractivity contribution in [3.8, 4) is 0 Å². The standard InChI is InChI=1S/C29H37ClN4O3/c1-32(27-13-14-28(36)31-29(27)37)20-26-22(7-5-8-23(26)21-35)6-3-2-4-15-33-16-18-34(19-17-33)25-11-9-24(30)10-12-25/h5,7-12,21,27H,2-4,6,13-20H2,1H3,(H,31,36,37). The molecule has 0 aromatic heterocycles. The van der Waals surface area contributed by atoms with Crippen molar-refractivity contribution in [3.05, 3.63) is 64.2 Å². The summed E-state index contributed by atoms with van der Waals surface area (Å²) in [4.78, 5) is 42.5. The number of amides is 2. The van der Waals surface area contributed by atoms with E-state index in [1.807, 2.05) is 36.2 Å². The van der Waals surface area contributed by atoms with Gasteiger partial charge in [-0.2, -0.15) is 0 Å². The molecule has 0 radical (unpaired) electrons. The predicted molar refractivity (Wildman–Crippen MR) is 147 cm³/mol. The molecule has 8 heteroatoms. The van der Waals surface area contributed by atoms with Gasteiger partial charge in [0, 0.05) is 55.4 Å². The Morgan fingerprint density at radius 3 is 2.49 bits per heavy atom. The molecule has 2 amide bonds. The molecule has 2 fully saturated rings. The van der Waals surface area contributed by atoms with Crippen molar-refractivity contribution in [3.63, 3.8) is 0 Å². The Bertz CT molecular complexity index is 1080. The number of nitrogens with zero attached hydrogens (tertiary/aromatic N) is 3. The number of anilines is 1. The van der Waals surface area contributed by atoms with Gasteiger partial charge in [0.1, 0.15) is 6.29 Å². The first-order valence-corrected chi connectivity index (χ1v) is 13.6. The number of piperazine rings is 1. The molecule has 0 aliphatic carbocycles. The average Bonchev–Trinajstić information content (AvgIpc) is 2.90. The Morgan fingerprint density at radius 1 is 1.03 bits per heavy atom. The number of aryl methyl sites for hydroxylation is 1. The highest BCUT2D eigenvalue weighted by Gasteiger charge is 2.30. The van der Waals surface area contributed by atoms with E-state index in [-0.39, 0.29) is 17.9 Å². The van der Waals surface area contributed by atoms with Gasteiger partial charge in [0.2, 0.25) is 11.8 Å². The molecule has 2 aromatic carbocycles. The fraction of sp³-hybridized carbons (Fsp3) is 0.483. The minimum Gasteiger partial charge on any atom is -0.369 e. The molecule has 37 heavy (non-hydrogen) atoms. The summed E-state index contributed by atoms with van der Waals surface area (Å²) < 4.78 is 0. The van der Waals surface area contributed by atoms with Crippen LogP contribution >= 0.6 is 11.6 Å². The number of carbonyl (C=O) groups is 3. The van der Waals surface area contributed by atoms with Crippen LogP contribution in [-0.2, 0) is 22.6 Å². The Labute approximate surface area is 224 Å². The molecule has 0 bridgehead atoms. The van der Waals surface area contributed by atoms with E-state index in [0.717, 1.165) is 75.3 Å². The Kier molecular flexibility index (Phi) is 9.72. The van der Waals surface area contributed by atoms with Crippen LogP contribution in [0.4, 0.5) is 5.69 Å². The number of hydrogen-bond acceptors (Lipinski definition) is 6. The Balaban J connectivity index is 1.23. The zero-order chi connectivity index (χ0) is 26.2. The van der Waals surface area contributed by atoms with Crippen LogP contribution in [0.25, 0.3) is 0 Å². The number of rotatable bonds is 11. The summed E-state index contributed by atoms with van der Waals surface area (Å²) in [6, 6.07) is 13.6. The van der Waals surface area contributed by atoms with E-state index >= 15 is 0 Å². The summed E-state index contributed by atoms with van der Waals surface area (Å²) >= 11 is 6.01. The lowest BCUT2D eigenvalue weighted by Crippen LogP contribution is -2.51. The van der Waals surface area contributed by atoms with Crippen molar-refractivity contribution < 1.29 is 14.4 Å². The topological polar surface area (TPSA) is 73.0 Å². The number of hydrogen-bond donors (Lipinski definition) is 1. The third kappa shape index (κ3) is 7.40. The van der Waals surface area contributed by atoms with E-state index in [1.165, 1.54) is 11.3 Å². The van der Waals surface area contributed by atoms with Crippen LogP contribution in [-0.4, -0.2) is 73.7 Å². The quantitative estimate of drug-likeness (QED) is 0.273. The molecule has 2 aliphatic heterocycles. The van der Waals surface area contributed by atoms with Crippen LogP contribution in [0, 0.1) is 0 Å². The van der Waals surface area contributed by atoms with Crippen LogP contribution in [0.1, 0.15) is 53.6 Å². The number of nitrogens with one attached hydrogen (secondary N) is 1. The SMILES string of the molecule is CN(Cc1c(C=O)cccc1CCCCCN1CCN(c2ccc(Cl)cc2)CC1)C1CCC(=O)NC1=O. The highest BCUT2D eigenvalue weighted by Crippen LogP contribution is 2.22. The molecule has 2 aromatic rings. The van der Waals surface area contributed by atoms with Crippen LogP contribution < -0.4 is 10.2 Å². The first-order valence-electron chi connectivity index (χ1n) is 13.3. The summed E-state index contributed by atoms with van der Waals surface area (Å²) in [5.41, 5.74) is 4.07. The normalized spacial score (nSPS) is 18.8. The third-order valence-electron chi connectivity index (χ3n) is 7.57. The van der Waals surface area contributed by atoms with E-state index in [4.69, 9.17) is 11.6 Å². The minimum absolute atomic E-state index is 0.216. The van der Waals surface area contributed by atoms with Crippen molar-refractivity contribution in [2.24, 2.45) is 0 Å². The van der Waals surface area contributed by atoms with Gasteiger partial charge in [-0.3, -0.25) is 29.5 Å². The highest BCUT2D eigenvalue weighted by atomic mass is 35.5. The fourth-order valence-corrected chi connectivity index (χ4v) is 5.49. The molecule has 1 atom stereocenters. The lowest BCUT2D eigenvalue weighted by atomic mass is 9.95. The van der Waals surface area contributed by atoms with Crippen molar-refractivity contribution in [2.75, 3.05) is 44.7 Å². The molecule has 0 saturated carbocycles. The van der Waals surface area contributed by atoms with Crippen LogP contribution in [0.2, 0.25) is 5.02 Å². The van der Waals surface area contributed by atoms with Crippen LogP contribution in [0.15, 0.2) is 42.5 Å². The van der Waals surface area contributed by atoms with Crippen molar-refractivity contribution in [1.82, 2.24) is 15.1 Å². The van der Waals surface area contributed by atoms with Gasteiger partial charge in [-0.05, 0) is 74.7 Å². The zero-order valence-corrected chi connectivity index (χ0v) is 22.4. The monoisotopic (exact) mass is 524 g/mol. The molecule has 2 aliphatic rings. The van der Waals surface area contributed by atoms with E-state index in [2.05, 4.69) is 33.3 Å². The molecule has 1 N–H and O–H groups in total. The summed E-state index contributed by atoms with van der Waals surface area (Å²) in [7, 11) is 1.89. The number of likely N-dealkylation sites (N-methyl/N-ethyl adjacent to an activating group) is 1. The molecule has 2 saturated heterocycles. The molecule has 7 nitrogen and oxygen atoms in total. The summed E-state index contributed by atoms with van der Waals surface area (Å²) in [6.07, 6.45) is 6.01. The van der Waals surface area contributed by atoms with Gasteiger partial charge in [0.15, 0.2) is 0 Å². The molecule has 1 unspecified atom stereocenters. The predicted octanol–water partition coefficient (Wildman–Crippen LogP) is 3.92. The first-order chi connectivity index (χ1) is 17.9. The fourth-order valence-electron chi connectivity index (χ4n) is 5.36. The number of piperidine rings is 1. The Hall–Kier alpha value is -2.74. The van der Waals surface area contributed by atoms with Crippen LogP contribution in [0.5, 0.6) is 0 Å². The summed E-state index contributed by atoms with van der Waals surface area (Å²) in [6.45, 7) is 5.82. The molecular weight excluding hydrogens is 488 g/mol. The number of unbranched alkanes of at least 4 members (excludes halogenated alkanes) is 2. The molecule has 0 spiro atoms. The second-order valence-corrected chi connectivity index (χ2v) is 10.5. The maximum absolute atomic E-state index is 12.3. The van der Waals surface area contributed by atoms with Crippen LogP contribution in [0.3, 0.4) is 0 Å². The number of imide groups is 1. The second-order valence-electron chi connectivity index (χ2n) is 10.1. The largest absolute Gasteiger partial charge is 0.369 e. The van der Waals surface area contributed by atoms with Gasteiger partial charge in [0.25, 0.3) is 0 Å². The lowest BCUT2D eigenvalue weighted by Gasteiger charge is -2.36. The maximum Gasteiger partial charge on any atom is 0.243 e. The minimum atomic E-state index is -0.356. The van der Waals surface area contributed by atoms with Gasteiger partial charge in [-0.1, -0.05) is 36.2 Å². The first kappa shape index (κ1) is 27.3. The highest BCUT2D eigenvalue weighted by molar-refractivity contribution is 6.30. The van der Waals surface area contributed by atoms with Crippen molar-refractivity contribution in [2.45, 2.75) is 51.1 Å². The summed E-state index contributed by atoms with van der Waals surface area (Å²) in [5, 5.41) is 3.20. The average molecular weight is 525 g/mol. The van der Waals surface area contributed by atoms with Crippen molar-refractivity contribution >= 4 is 35.4 Å². The smallest absolute Gasteiger partial charge is 0.243 e. The van der Waals surface area contributed by atoms with Crippen molar-refractivity contribution in [1.29, 1.82) is 0 Å². The molecule has 198 valence electrons. The van der Waals surface area contributed by atoms with E-state index in [0.29, 0.717) is 24.9 Å². The van der Waals surface area contributed by atoms with E-state index in [1.54, 1.807) is 0 Å². The van der Waals surface area contributed by atoms with Gasteiger partial charge < -0.3 is 4.90 Å². The summed E-state index contributed by atoms with van der Waals surface area (Å²) in [5.74, 6) is -0.468. The molecular formula is C29H37ClN4O3. The number of benzene rings is 2. The third-order valence-corrected chi connectivity index (χ3v) is 7.82. The van der Waals surface area contributed by atoms with E-state index < -0.39 is 0 Å². The second kappa shape index (κ2) is 13.2. The Morgan fingerprint density at radius 2 is 1.78 bits per heavy atom. The maximum atomic E-state index is 12.3. The van der Waals surface area contributed by atoms with Gasteiger partial charge in [0.05, 0.1) is 6.04 Å². The van der Waals surface area contributed by atoms with Gasteiger partial charge in [-0.25, -0.2) is 0 Å². The number of halogens is 1. The molecule has 2 heterocycles.